The highest BCUT2D eigenvalue weighted by molar-refractivity contribution is 7.77. The minimum atomic E-state index is 0.158. The summed E-state index contributed by atoms with van der Waals surface area (Å²) in [5.74, 6) is 0. The molecule has 1 fully saturated rings. The lowest BCUT2D eigenvalue weighted by Crippen LogP contribution is -2.30. The molecule has 1 rings (SSSR count). The van der Waals surface area contributed by atoms with Crippen molar-refractivity contribution < 1.29 is 4.79 Å². The Kier molecular flexibility index (Phi) is 1.97. The lowest BCUT2D eigenvalue weighted by Gasteiger charge is -2.18. The maximum absolute atomic E-state index is 10.2. The van der Waals surface area contributed by atoms with Gasteiger partial charge in [0.2, 0.25) is 6.41 Å². The Balaban J connectivity index is 2.50. The first-order valence-electron chi connectivity index (χ1n) is 2.92. The van der Waals surface area contributed by atoms with E-state index in [1.165, 1.54) is 0 Å². The molecule has 0 saturated carbocycles. The molecule has 9 heavy (non-hydrogen) atoms. The van der Waals surface area contributed by atoms with E-state index >= 15 is 0 Å². The third-order valence-corrected chi connectivity index (χ3v) is 2.17. The van der Waals surface area contributed by atoms with E-state index in [0.717, 1.165) is 19.5 Å². The Morgan fingerprint density at radius 2 is 2.33 bits per heavy atom. The smallest absolute Gasteiger partial charge is 0.211 e. The van der Waals surface area contributed by atoms with Crippen LogP contribution < -0.4 is 0 Å². The molecule has 0 aromatic carbocycles. The third kappa shape index (κ3) is 1.19. The number of rotatable bonds is 1. The molecule has 1 atom stereocenters. The van der Waals surface area contributed by atoms with Crippen LogP contribution in [0.3, 0.4) is 0 Å². The number of carbonyl (C=O) groups excluding carboxylic acids is 1. The van der Waals surface area contributed by atoms with Crippen LogP contribution in [0.5, 0.6) is 0 Å². The standard InChI is InChI=1S/C5H10N2OS/c1-5-6(4-8)2-3-7(5)9/h4-5,9H,2-3H2,1H3. The van der Waals surface area contributed by atoms with Gasteiger partial charge in [0.15, 0.2) is 0 Å². The van der Waals surface area contributed by atoms with E-state index in [0.29, 0.717) is 0 Å². The molecular formula is C5H10N2OS. The van der Waals surface area contributed by atoms with Gasteiger partial charge in [-0.3, -0.25) is 4.79 Å². The molecule has 1 amide bonds. The summed E-state index contributed by atoms with van der Waals surface area (Å²) in [5, 5.41) is 0. The summed E-state index contributed by atoms with van der Waals surface area (Å²) < 4.78 is 1.84. The summed E-state index contributed by atoms with van der Waals surface area (Å²) in [6.07, 6.45) is 1.02. The van der Waals surface area contributed by atoms with E-state index in [9.17, 15) is 4.79 Å². The highest BCUT2D eigenvalue weighted by Gasteiger charge is 2.23. The molecule has 0 aromatic heterocycles. The molecule has 1 aliphatic rings. The first-order valence-corrected chi connectivity index (χ1v) is 3.32. The summed E-state index contributed by atoms with van der Waals surface area (Å²) in [4.78, 5) is 11.9. The van der Waals surface area contributed by atoms with Gasteiger partial charge in [-0.15, -0.1) is 0 Å². The summed E-state index contributed by atoms with van der Waals surface area (Å²) in [6.45, 7) is 3.62. The largest absolute Gasteiger partial charge is 0.328 e. The van der Waals surface area contributed by atoms with Gasteiger partial charge in [-0.25, -0.2) is 4.31 Å². The molecule has 1 unspecified atom stereocenters. The normalized spacial score (nSPS) is 29.1. The van der Waals surface area contributed by atoms with Gasteiger partial charge in [-0.05, 0) is 6.92 Å². The monoisotopic (exact) mass is 146 g/mol. The quantitative estimate of drug-likeness (QED) is 0.414. The lowest BCUT2D eigenvalue weighted by atomic mass is 10.5. The maximum atomic E-state index is 10.2. The van der Waals surface area contributed by atoms with Crippen LogP contribution in [-0.2, 0) is 4.79 Å². The van der Waals surface area contributed by atoms with E-state index in [4.69, 9.17) is 0 Å². The van der Waals surface area contributed by atoms with Crippen LogP contribution in [0, 0.1) is 0 Å². The topological polar surface area (TPSA) is 23.6 Å². The molecule has 1 aliphatic heterocycles. The molecule has 0 N–H and O–H groups in total. The lowest BCUT2D eigenvalue weighted by molar-refractivity contribution is -0.119. The average molecular weight is 146 g/mol. The van der Waals surface area contributed by atoms with Gasteiger partial charge in [-0.1, -0.05) is 12.8 Å². The molecular weight excluding hydrogens is 136 g/mol. The average Bonchev–Trinajstić information content (AvgIpc) is 2.15. The van der Waals surface area contributed by atoms with Crippen molar-refractivity contribution in [3.63, 3.8) is 0 Å². The van der Waals surface area contributed by atoms with Gasteiger partial charge in [-0.2, -0.15) is 0 Å². The van der Waals surface area contributed by atoms with Gasteiger partial charge in [0.05, 0.1) is 6.17 Å². The fraction of sp³-hybridized carbons (Fsp3) is 0.800. The van der Waals surface area contributed by atoms with Crippen molar-refractivity contribution in [2.24, 2.45) is 0 Å². The molecule has 3 nitrogen and oxygen atoms in total. The Morgan fingerprint density at radius 1 is 1.67 bits per heavy atom. The van der Waals surface area contributed by atoms with Crippen LogP contribution in [0.25, 0.3) is 0 Å². The predicted octanol–water partition coefficient (Wildman–Crippen LogP) is -0.0488. The highest BCUT2D eigenvalue weighted by Crippen LogP contribution is 2.12. The summed E-state index contributed by atoms with van der Waals surface area (Å²) >= 11 is 4.13. The second-order valence-corrected chi connectivity index (χ2v) is 2.65. The van der Waals surface area contributed by atoms with E-state index in [2.05, 4.69) is 12.8 Å². The molecule has 0 bridgehead atoms. The molecule has 0 aliphatic carbocycles. The number of hydrogen-bond donors (Lipinski definition) is 1. The Morgan fingerprint density at radius 3 is 2.56 bits per heavy atom. The molecule has 1 heterocycles. The van der Waals surface area contributed by atoms with Crippen molar-refractivity contribution >= 4 is 19.2 Å². The van der Waals surface area contributed by atoms with E-state index < -0.39 is 0 Å². The number of carbonyl (C=O) groups is 1. The second kappa shape index (κ2) is 2.58. The van der Waals surface area contributed by atoms with Crippen molar-refractivity contribution in [1.29, 1.82) is 0 Å². The molecule has 0 spiro atoms. The Labute approximate surface area is 60.2 Å². The molecule has 0 aromatic rings. The minimum absolute atomic E-state index is 0.158. The Bertz CT molecular complexity index is 120. The molecule has 52 valence electrons. The molecule has 0 radical (unpaired) electrons. The fourth-order valence-electron chi connectivity index (χ4n) is 0.904. The summed E-state index contributed by atoms with van der Waals surface area (Å²) in [5.41, 5.74) is 0. The third-order valence-electron chi connectivity index (χ3n) is 1.63. The van der Waals surface area contributed by atoms with E-state index in [-0.39, 0.29) is 6.17 Å². The zero-order valence-corrected chi connectivity index (χ0v) is 6.21. The number of amides is 1. The van der Waals surface area contributed by atoms with Crippen LogP contribution >= 0.6 is 12.8 Å². The maximum Gasteiger partial charge on any atom is 0.211 e. The van der Waals surface area contributed by atoms with E-state index in [1.54, 1.807) is 4.90 Å². The van der Waals surface area contributed by atoms with Crippen LogP contribution in [0.4, 0.5) is 0 Å². The highest BCUT2D eigenvalue weighted by atomic mass is 32.1. The fourth-order valence-corrected chi connectivity index (χ4v) is 1.13. The number of nitrogens with zero attached hydrogens (tertiary/aromatic N) is 2. The zero-order valence-electron chi connectivity index (χ0n) is 5.32. The van der Waals surface area contributed by atoms with Crippen LogP contribution in [0.2, 0.25) is 0 Å². The number of hydrogen-bond acceptors (Lipinski definition) is 3. The van der Waals surface area contributed by atoms with Gasteiger partial charge < -0.3 is 4.90 Å². The van der Waals surface area contributed by atoms with Gasteiger partial charge in [0.1, 0.15) is 0 Å². The Hall–Kier alpha value is -0.220. The van der Waals surface area contributed by atoms with Gasteiger partial charge in [0, 0.05) is 13.1 Å². The van der Waals surface area contributed by atoms with Crippen molar-refractivity contribution in [1.82, 2.24) is 9.21 Å². The summed E-state index contributed by atoms with van der Waals surface area (Å²) in [6, 6.07) is 0. The van der Waals surface area contributed by atoms with Crippen molar-refractivity contribution in [3.05, 3.63) is 0 Å². The minimum Gasteiger partial charge on any atom is -0.328 e. The first-order chi connectivity index (χ1) is 4.25. The first kappa shape index (κ1) is 6.89. The van der Waals surface area contributed by atoms with Crippen LogP contribution in [-0.4, -0.2) is 34.9 Å². The second-order valence-electron chi connectivity index (χ2n) is 2.14. The molecule has 1 saturated heterocycles. The van der Waals surface area contributed by atoms with Gasteiger partial charge >= 0.3 is 0 Å². The number of thiol groups is 1. The van der Waals surface area contributed by atoms with Crippen molar-refractivity contribution in [3.8, 4) is 0 Å². The predicted molar refractivity (Wildman–Crippen MR) is 37.9 cm³/mol. The SMILES string of the molecule is CC1N(S)CCN1C=O. The van der Waals surface area contributed by atoms with Gasteiger partial charge in [0.25, 0.3) is 0 Å². The van der Waals surface area contributed by atoms with Crippen LogP contribution in [0.15, 0.2) is 0 Å². The van der Waals surface area contributed by atoms with E-state index in [1.807, 2.05) is 11.2 Å². The van der Waals surface area contributed by atoms with Crippen molar-refractivity contribution in [2.45, 2.75) is 13.1 Å². The van der Waals surface area contributed by atoms with Crippen molar-refractivity contribution in [2.75, 3.05) is 13.1 Å². The zero-order chi connectivity index (χ0) is 6.85. The molecule has 4 heteroatoms. The van der Waals surface area contributed by atoms with Crippen LogP contribution in [0.1, 0.15) is 6.92 Å². The summed E-state index contributed by atoms with van der Waals surface area (Å²) in [7, 11) is 0.